The Hall–Kier alpha value is -2.08. The monoisotopic (exact) mass is 280 g/mol. The number of carboxylic acids is 1. The number of aryl methyl sites for hydroxylation is 1. The van der Waals surface area contributed by atoms with Crippen LogP contribution in [0.25, 0.3) is 0 Å². The van der Waals surface area contributed by atoms with E-state index < -0.39 is 12.0 Å². The third-order valence-corrected chi connectivity index (χ3v) is 2.61. The third-order valence-electron chi connectivity index (χ3n) is 2.61. The maximum Gasteiger partial charge on any atom is 0.337 e. The zero-order chi connectivity index (χ0) is 15.0. The van der Waals surface area contributed by atoms with Crippen LogP contribution in [0.2, 0.25) is 0 Å². The van der Waals surface area contributed by atoms with E-state index in [0.717, 1.165) is 5.56 Å². The second-order valence-electron chi connectivity index (χ2n) is 4.29. The standard InChI is InChI=1S/C14H20N2O4/c1-3-20-8-4-7-15-14(19)16-12-6-5-10(2)9-11(12)13(17)18/h5-6,9H,3-4,7-8H2,1-2H3,(H,17,18)(H2,15,16,19). The molecule has 0 spiro atoms. The summed E-state index contributed by atoms with van der Waals surface area (Å²) >= 11 is 0. The number of carboxylic acid groups (broad SMARTS) is 1. The van der Waals surface area contributed by atoms with Gasteiger partial charge in [-0.1, -0.05) is 11.6 Å². The second kappa shape index (κ2) is 8.16. The molecule has 0 saturated carbocycles. The van der Waals surface area contributed by atoms with E-state index >= 15 is 0 Å². The Morgan fingerprint density at radius 1 is 1.35 bits per heavy atom. The highest BCUT2D eigenvalue weighted by molar-refractivity contribution is 6.00. The van der Waals surface area contributed by atoms with Gasteiger partial charge >= 0.3 is 12.0 Å². The first-order valence-electron chi connectivity index (χ1n) is 6.51. The number of urea groups is 1. The van der Waals surface area contributed by atoms with E-state index in [9.17, 15) is 9.59 Å². The number of benzene rings is 1. The van der Waals surface area contributed by atoms with E-state index in [2.05, 4.69) is 10.6 Å². The molecule has 1 aromatic carbocycles. The topological polar surface area (TPSA) is 87.7 Å². The van der Waals surface area contributed by atoms with Gasteiger partial charge in [0.25, 0.3) is 0 Å². The van der Waals surface area contributed by atoms with Crippen molar-refractivity contribution in [3.05, 3.63) is 29.3 Å². The summed E-state index contributed by atoms with van der Waals surface area (Å²) in [6.07, 6.45) is 0.709. The average molecular weight is 280 g/mol. The molecule has 0 aromatic heterocycles. The second-order valence-corrected chi connectivity index (χ2v) is 4.29. The molecule has 0 unspecified atom stereocenters. The summed E-state index contributed by atoms with van der Waals surface area (Å²) in [6, 6.07) is 4.43. The van der Waals surface area contributed by atoms with E-state index in [4.69, 9.17) is 9.84 Å². The van der Waals surface area contributed by atoms with Crippen molar-refractivity contribution >= 4 is 17.7 Å². The van der Waals surface area contributed by atoms with Gasteiger partial charge in [-0.2, -0.15) is 0 Å². The summed E-state index contributed by atoms with van der Waals surface area (Å²) in [5.41, 5.74) is 1.19. The van der Waals surface area contributed by atoms with Gasteiger partial charge in [0, 0.05) is 19.8 Å². The van der Waals surface area contributed by atoms with Crippen LogP contribution in [0.15, 0.2) is 18.2 Å². The van der Waals surface area contributed by atoms with Gasteiger partial charge in [-0.3, -0.25) is 0 Å². The molecular formula is C14H20N2O4. The lowest BCUT2D eigenvalue weighted by molar-refractivity contribution is 0.0698. The summed E-state index contributed by atoms with van der Waals surface area (Å²) in [6.45, 7) is 5.41. The zero-order valence-corrected chi connectivity index (χ0v) is 11.7. The van der Waals surface area contributed by atoms with E-state index in [-0.39, 0.29) is 11.3 Å². The number of rotatable bonds is 7. The molecule has 110 valence electrons. The molecular weight excluding hydrogens is 260 g/mol. The molecule has 0 bridgehead atoms. The fraction of sp³-hybridized carbons (Fsp3) is 0.429. The van der Waals surface area contributed by atoms with E-state index in [1.54, 1.807) is 19.1 Å². The maximum atomic E-state index is 11.6. The molecule has 20 heavy (non-hydrogen) atoms. The minimum atomic E-state index is -1.07. The van der Waals surface area contributed by atoms with Gasteiger partial charge in [-0.15, -0.1) is 0 Å². The number of ether oxygens (including phenoxy) is 1. The molecule has 0 radical (unpaired) electrons. The highest BCUT2D eigenvalue weighted by Gasteiger charge is 2.12. The quantitative estimate of drug-likeness (QED) is 0.668. The summed E-state index contributed by atoms with van der Waals surface area (Å²) in [4.78, 5) is 22.7. The van der Waals surface area contributed by atoms with Gasteiger partial charge in [0.1, 0.15) is 0 Å². The first-order chi connectivity index (χ1) is 9.54. The molecule has 0 fully saturated rings. The lowest BCUT2D eigenvalue weighted by Crippen LogP contribution is -2.30. The number of anilines is 1. The molecule has 0 saturated heterocycles. The van der Waals surface area contributed by atoms with Crippen molar-refractivity contribution in [2.75, 3.05) is 25.1 Å². The van der Waals surface area contributed by atoms with E-state index in [1.807, 2.05) is 6.92 Å². The molecule has 0 heterocycles. The van der Waals surface area contributed by atoms with Gasteiger partial charge in [0.15, 0.2) is 0 Å². The Morgan fingerprint density at radius 2 is 2.10 bits per heavy atom. The van der Waals surface area contributed by atoms with Crippen molar-refractivity contribution in [3.8, 4) is 0 Å². The Bertz CT molecular complexity index is 474. The van der Waals surface area contributed by atoms with Crippen molar-refractivity contribution in [2.45, 2.75) is 20.3 Å². The van der Waals surface area contributed by atoms with Crippen LogP contribution in [0.5, 0.6) is 0 Å². The van der Waals surface area contributed by atoms with E-state index in [0.29, 0.717) is 26.2 Å². The molecule has 6 nitrogen and oxygen atoms in total. The molecule has 0 atom stereocenters. The summed E-state index contributed by atoms with van der Waals surface area (Å²) in [7, 11) is 0. The zero-order valence-electron chi connectivity index (χ0n) is 11.7. The lowest BCUT2D eigenvalue weighted by atomic mass is 10.1. The van der Waals surface area contributed by atoms with Crippen LogP contribution in [0.1, 0.15) is 29.3 Å². The predicted molar refractivity (Wildman–Crippen MR) is 76.3 cm³/mol. The number of hydrogen-bond donors (Lipinski definition) is 3. The van der Waals surface area contributed by atoms with Crippen LogP contribution < -0.4 is 10.6 Å². The number of amides is 2. The predicted octanol–water partition coefficient (Wildman–Crippen LogP) is 2.24. The van der Waals surface area contributed by atoms with Gasteiger partial charge in [-0.05, 0) is 32.4 Å². The van der Waals surface area contributed by atoms with Crippen molar-refractivity contribution in [1.29, 1.82) is 0 Å². The Balaban J connectivity index is 2.51. The summed E-state index contributed by atoms with van der Waals surface area (Å²) in [5.74, 6) is -1.07. The molecule has 6 heteroatoms. The molecule has 0 aliphatic rings. The van der Waals surface area contributed by atoms with Crippen LogP contribution >= 0.6 is 0 Å². The molecule has 1 rings (SSSR count). The van der Waals surface area contributed by atoms with Crippen LogP contribution in [0, 0.1) is 6.92 Å². The summed E-state index contributed by atoms with van der Waals surface area (Å²) < 4.78 is 5.15. The van der Waals surface area contributed by atoms with Crippen LogP contribution in [0.4, 0.5) is 10.5 Å². The molecule has 2 amide bonds. The van der Waals surface area contributed by atoms with Crippen LogP contribution in [-0.2, 0) is 4.74 Å². The fourth-order valence-electron chi connectivity index (χ4n) is 1.63. The Kier molecular flexibility index (Phi) is 6.52. The lowest BCUT2D eigenvalue weighted by Gasteiger charge is -2.10. The van der Waals surface area contributed by atoms with Gasteiger partial charge in [0.2, 0.25) is 0 Å². The third kappa shape index (κ3) is 5.27. The molecule has 3 N–H and O–H groups in total. The number of nitrogens with one attached hydrogen (secondary N) is 2. The van der Waals surface area contributed by atoms with Crippen molar-refractivity contribution < 1.29 is 19.4 Å². The Labute approximate surface area is 118 Å². The van der Waals surface area contributed by atoms with E-state index in [1.165, 1.54) is 6.07 Å². The number of carbonyl (C=O) groups is 2. The normalized spacial score (nSPS) is 10.1. The highest BCUT2D eigenvalue weighted by Crippen LogP contribution is 2.17. The molecule has 0 aliphatic carbocycles. The number of hydrogen-bond acceptors (Lipinski definition) is 3. The van der Waals surface area contributed by atoms with Crippen molar-refractivity contribution in [3.63, 3.8) is 0 Å². The van der Waals surface area contributed by atoms with Crippen molar-refractivity contribution in [2.24, 2.45) is 0 Å². The molecule has 1 aromatic rings. The smallest absolute Gasteiger partial charge is 0.337 e. The minimum absolute atomic E-state index is 0.0782. The highest BCUT2D eigenvalue weighted by atomic mass is 16.5. The number of aromatic carboxylic acids is 1. The first kappa shape index (κ1) is 16.0. The van der Waals surface area contributed by atoms with Crippen LogP contribution in [-0.4, -0.2) is 36.9 Å². The van der Waals surface area contributed by atoms with Gasteiger partial charge in [0.05, 0.1) is 11.3 Å². The van der Waals surface area contributed by atoms with Gasteiger partial charge < -0.3 is 20.5 Å². The van der Waals surface area contributed by atoms with Crippen molar-refractivity contribution in [1.82, 2.24) is 5.32 Å². The number of carbonyl (C=O) groups excluding carboxylic acids is 1. The SMILES string of the molecule is CCOCCCNC(=O)Nc1ccc(C)cc1C(=O)O. The largest absolute Gasteiger partial charge is 0.478 e. The first-order valence-corrected chi connectivity index (χ1v) is 6.51. The average Bonchev–Trinajstić information content (AvgIpc) is 2.40. The Morgan fingerprint density at radius 3 is 2.75 bits per heavy atom. The summed E-state index contributed by atoms with van der Waals surface area (Å²) in [5, 5.41) is 14.3. The van der Waals surface area contributed by atoms with Crippen LogP contribution in [0.3, 0.4) is 0 Å². The van der Waals surface area contributed by atoms with Gasteiger partial charge in [-0.25, -0.2) is 9.59 Å². The molecule has 0 aliphatic heterocycles. The minimum Gasteiger partial charge on any atom is -0.478 e. The fourth-order valence-corrected chi connectivity index (χ4v) is 1.63. The maximum absolute atomic E-state index is 11.6.